The van der Waals surface area contributed by atoms with Crippen LogP contribution in [-0.2, 0) is 15.9 Å². The van der Waals surface area contributed by atoms with Gasteiger partial charge < -0.3 is 14.5 Å². The number of anilines is 1. The van der Waals surface area contributed by atoms with Crippen LogP contribution in [0.2, 0.25) is 0 Å². The van der Waals surface area contributed by atoms with E-state index in [0.717, 1.165) is 33.8 Å². The Hall–Kier alpha value is -5.17. The number of aromatic nitrogens is 8. The van der Waals surface area contributed by atoms with Crippen molar-refractivity contribution >= 4 is 11.8 Å². The van der Waals surface area contributed by atoms with Crippen LogP contribution in [0.1, 0.15) is 35.4 Å². The van der Waals surface area contributed by atoms with Crippen molar-refractivity contribution in [3.63, 3.8) is 0 Å². The molecule has 1 atom stereocenters. The summed E-state index contributed by atoms with van der Waals surface area (Å²) in [6.45, 7) is 4.44. The molecule has 0 aliphatic carbocycles. The highest BCUT2D eigenvalue weighted by atomic mass is 16.6. The lowest BCUT2D eigenvalue weighted by Crippen LogP contribution is -2.25. The summed E-state index contributed by atoms with van der Waals surface area (Å²) in [7, 11) is 1.54. The van der Waals surface area contributed by atoms with Crippen LogP contribution < -0.4 is 10.9 Å². The molecule has 1 aliphatic rings. The number of benzene rings is 2. The van der Waals surface area contributed by atoms with Gasteiger partial charge in [-0.2, -0.15) is 4.68 Å². The second-order valence-corrected chi connectivity index (χ2v) is 10.0. The average Bonchev–Trinajstić information content (AvgIpc) is 3.74. The molecule has 13 heteroatoms. The molecule has 2 aromatic carbocycles. The van der Waals surface area contributed by atoms with Crippen LogP contribution in [0.15, 0.2) is 59.7 Å². The first kappa shape index (κ1) is 27.0. The van der Waals surface area contributed by atoms with E-state index in [-0.39, 0.29) is 18.2 Å². The van der Waals surface area contributed by atoms with Crippen molar-refractivity contribution in [2.75, 3.05) is 25.6 Å². The molecule has 0 saturated carbocycles. The highest BCUT2D eigenvalue weighted by Crippen LogP contribution is 2.33. The predicted octanol–water partition coefficient (Wildman–Crippen LogP) is 3.62. The summed E-state index contributed by atoms with van der Waals surface area (Å²) in [4.78, 5) is 38.6. The van der Waals surface area contributed by atoms with Crippen molar-refractivity contribution in [1.29, 1.82) is 0 Å². The molecule has 13 nitrogen and oxygen atoms in total. The first-order valence-corrected chi connectivity index (χ1v) is 13.5. The molecular formula is C29H29N9O4. The zero-order valence-electron chi connectivity index (χ0n) is 23.4. The number of H-pyrrole nitrogens is 1. The first-order chi connectivity index (χ1) is 20.4. The maximum absolute atomic E-state index is 13.5. The molecule has 5 aromatic rings. The van der Waals surface area contributed by atoms with Gasteiger partial charge in [0, 0.05) is 42.1 Å². The number of rotatable bonds is 8. The van der Waals surface area contributed by atoms with Gasteiger partial charge in [-0.25, -0.2) is 14.8 Å². The lowest BCUT2D eigenvalue weighted by atomic mass is 10.1. The smallest absolute Gasteiger partial charge is 0.411 e. The monoisotopic (exact) mass is 567 g/mol. The van der Waals surface area contributed by atoms with Gasteiger partial charge in [0.1, 0.15) is 24.6 Å². The number of imidazole rings is 1. The van der Waals surface area contributed by atoms with E-state index in [4.69, 9.17) is 19.4 Å². The number of hydrogen-bond acceptors (Lipinski definition) is 9. The number of tetrazole rings is 1. The predicted molar refractivity (Wildman–Crippen MR) is 153 cm³/mol. The molecule has 1 aliphatic heterocycles. The minimum atomic E-state index is -0.547. The van der Waals surface area contributed by atoms with Gasteiger partial charge in [-0.15, -0.1) is 5.10 Å². The Morgan fingerprint density at radius 3 is 2.69 bits per heavy atom. The number of amides is 1. The lowest BCUT2D eigenvalue weighted by molar-refractivity contribution is 0.107. The summed E-state index contributed by atoms with van der Waals surface area (Å²) in [6.07, 6.45) is 2.30. The van der Waals surface area contributed by atoms with E-state index in [1.54, 1.807) is 34.6 Å². The first-order valence-electron chi connectivity index (χ1n) is 13.5. The zero-order valence-corrected chi connectivity index (χ0v) is 23.4. The van der Waals surface area contributed by atoms with Crippen molar-refractivity contribution in [1.82, 2.24) is 39.7 Å². The number of fused-ring (bicyclic) bond motifs is 1. The van der Waals surface area contributed by atoms with E-state index in [2.05, 4.69) is 25.8 Å². The highest BCUT2D eigenvalue weighted by Gasteiger charge is 2.30. The summed E-state index contributed by atoms with van der Waals surface area (Å²) in [5.41, 5.74) is 6.12. The molecule has 4 heterocycles. The van der Waals surface area contributed by atoms with E-state index in [0.29, 0.717) is 42.5 Å². The van der Waals surface area contributed by atoms with Gasteiger partial charge in [-0.1, -0.05) is 23.8 Å². The number of methoxy groups -OCH3 is 1. The van der Waals surface area contributed by atoms with E-state index in [1.807, 2.05) is 44.2 Å². The molecular weight excluding hydrogens is 538 g/mol. The van der Waals surface area contributed by atoms with Crippen molar-refractivity contribution in [2.45, 2.75) is 32.7 Å². The van der Waals surface area contributed by atoms with E-state index >= 15 is 0 Å². The summed E-state index contributed by atoms with van der Waals surface area (Å²) in [5, 5.41) is 14.2. The number of carbonyl (C=O) groups is 1. The standard InChI is InChI=1S/C29H29N9O4/c1-17-4-9-23(37-16-30-35-36-37)21(14-17)22-15-26(39)38-24(10-11-25(38)33-22)28-31-18(2)27(34-28)19-5-7-20(8-6-19)32-29(40)42-13-12-41-3/h4-9,14-16,24H,10-13H2,1-3H3,(H,31,34)(H,32,40)/t24-/m0/s1. The van der Waals surface area contributed by atoms with Crippen molar-refractivity contribution in [2.24, 2.45) is 0 Å². The second-order valence-electron chi connectivity index (χ2n) is 10.0. The Morgan fingerprint density at radius 2 is 1.93 bits per heavy atom. The largest absolute Gasteiger partial charge is 0.447 e. The Balaban J connectivity index is 1.25. The summed E-state index contributed by atoms with van der Waals surface area (Å²) in [6, 6.07) is 14.5. The van der Waals surface area contributed by atoms with Gasteiger partial charge in [0.25, 0.3) is 5.56 Å². The molecule has 0 saturated heterocycles. The lowest BCUT2D eigenvalue weighted by Gasteiger charge is -2.14. The van der Waals surface area contributed by atoms with Crippen molar-refractivity contribution < 1.29 is 14.3 Å². The number of nitrogens with one attached hydrogen (secondary N) is 2. The minimum Gasteiger partial charge on any atom is -0.447 e. The van der Waals surface area contributed by atoms with Gasteiger partial charge in [-0.05, 0) is 55.0 Å². The van der Waals surface area contributed by atoms with Crippen LogP contribution in [-0.4, -0.2) is 66.1 Å². The SMILES string of the molecule is COCCOC(=O)Nc1ccc(-c2nc([C@@H]3CCc4nc(-c5cc(C)ccc5-n5cnnn5)cc(=O)n43)[nH]c2C)cc1. The van der Waals surface area contributed by atoms with Crippen LogP contribution in [0.3, 0.4) is 0 Å². The molecule has 3 aromatic heterocycles. The molecule has 1 amide bonds. The number of nitrogens with zero attached hydrogens (tertiary/aromatic N) is 7. The zero-order chi connectivity index (χ0) is 29.2. The fourth-order valence-electron chi connectivity index (χ4n) is 5.17. The second kappa shape index (κ2) is 11.4. The van der Waals surface area contributed by atoms with Gasteiger partial charge in [-0.3, -0.25) is 14.7 Å². The summed E-state index contributed by atoms with van der Waals surface area (Å²) in [5.74, 6) is 1.40. The molecule has 0 spiro atoms. The number of aromatic amines is 1. The molecule has 0 fully saturated rings. The van der Waals surface area contributed by atoms with Crippen LogP contribution in [0.25, 0.3) is 28.2 Å². The molecule has 0 unspecified atom stereocenters. The fourth-order valence-corrected chi connectivity index (χ4v) is 5.17. The summed E-state index contributed by atoms with van der Waals surface area (Å²) < 4.78 is 13.2. The molecule has 214 valence electrons. The number of carbonyl (C=O) groups excluding carboxylic acids is 1. The van der Waals surface area contributed by atoms with E-state index in [1.165, 1.54) is 6.33 Å². The van der Waals surface area contributed by atoms with Gasteiger partial charge in [0.05, 0.1) is 29.7 Å². The number of ether oxygens (including phenoxy) is 2. The van der Waals surface area contributed by atoms with Crippen LogP contribution in [0.4, 0.5) is 10.5 Å². The van der Waals surface area contributed by atoms with Gasteiger partial charge in [0.15, 0.2) is 0 Å². The molecule has 2 N–H and O–H groups in total. The average molecular weight is 568 g/mol. The third kappa shape index (κ3) is 5.29. The minimum absolute atomic E-state index is 0.148. The Labute approximate surface area is 240 Å². The van der Waals surface area contributed by atoms with Crippen LogP contribution in [0.5, 0.6) is 0 Å². The molecule has 0 bridgehead atoms. The quantitative estimate of drug-likeness (QED) is 0.268. The summed E-state index contributed by atoms with van der Waals surface area (Å²) >= 11 is 0. The third-order valence-corrected chi connectivity index (χ3v) is 7.15. The van der Waals surface area contributed by atoms with E-state index < -0.39 is 6.09 Å². The normalized spacial score (nSPS) is 14.1. The van der Waals surface area contributed by atoms with Crippen LogP contribution >= 0.6 is 0 Å². The molecule has 6 rings (SSSR count). The maximum Gasteiger partial charge on any atom is 0.411 e. The third-order valence-electron chi connectivity index (χ3n) is 7.15. The molecule has 42 heavy (non-hydrogen) atoms. The highest BCUT2D eigenvalue weighted by molar-refractivity contribution is 5.85. The Kier molecular flexibility index (Phi) is 7.32. The van der Waals surface area contributed by atoms with E-state index in [9.17, 15) is 9.59 Å². The van der Waals surface area contributed by atoms with Gasteiger partial charge >= 0.3 is 6.09 Å². The Morgan fingerprint density at radius 1 is 1.10 bits per heavy atom. The maximum atomic E-state index is 13.5. The van der Waals surface area contributed by atoms with Crippen molar-refractivity contribution in [3.05, 3.63) is 88.1 Å². The van der Waals surface area contributed by atoms with Crippen molar-refractivity contribution in [3.8, 4) is 28.2 Å². The van der Waals surface area contributed by atoms with Crippen LogP contribution in [0, 0.1) is 13.8 Å². The number of aryl methyl sites for hydroxylation is 3. The number of hydrogen-bond donors (Lipinski definition) is 2. The fraction of sp³-hybridized carbons (Fsp3) is 0.276. The Bertz CT molecular complexity index is 1790. The van der Waals surface area contributed by atoms with Gasteiger partial charge in [0.2, 0.25) is 0 Å². The topological polar surface area (TPSA) is 155 Å². The molecule has 0 radical (unpaired) electrons.